The Hall–Kier alpha value is -1.61. The summed E-state index contributed by atoms with van der Waals surface area (Å²) in [7, 11) is 0. The van der Waals surface area contributed by atoms with E-state index in [1.807, 2.05) is 36.4 Å². The minimum absolute atomic E-state index is 0.619. The maximum absolute atomic E-state index is 11.1. The van der Waals surface area contributed by atoms with Gasteiger partial charge in [-0.25, -0.2) is 0 Å². The second-order valence-corrected chi connectivity index (χ2v) is 3.57. The van der Waals surface area contributed by atoms with Crippen LogP contribution in [0.1, 0.15) is 24.4 Å². The Morgan fingerprint density at radius 1 is 1.44 bits per heavy atom. The Morgan fingerprint density at radius 3 is 2.69 bits per heavy atom. The molecule has 1 atom stereocenters. The summed E-state index contributed by atoms with van der Waals surface area (Å²) < 4.78 is 0. The molecule has 0 bridgehead atoms. The molecule has 0 fully saturated rings. The zero-order chi connectivity index (χ0) is 11.8. The third-order valence-corrected chi connectivity index (χ3v) is 2.31. The van der Waals surface area contributed by atoms with Crippen molar-refractivity contribution in [1.29, 1.82) is 0 Å². The minimum Gasteiger partial charge on any atom is -0.480 e. The van der Waals surface area contributed by atoms with Crippen LogP contribution in [-0.4, -0.2) is 17.6 Å². The van der Waals surface area contributed by atoms with E-state index in [2.05, 4.69) is 11.9 Å². The third kappa shape index (κ3) is 3.87. The molecule has 0 spiro atoms. The van der Waals surface area contributed by atoms with Crippen molar-refractivity contribution in [3.8, 4) is 0 Å². The first-order chi connectivity index (χ1) is 7.75. The zero-order valence-corrected chi connectivity index (χ0v) is 9.23. The van der Waals surface area contributed by atoms with Crippen molar-refractivity contribution >= 4 is 5.97 Å². The van der Waals surface area contributed by atoms with Gasteiger partial charge in [0, 0.05) is 0 Å². The summed E-state index contributed by atoms with van der Waals surface area (Å²) in [6.07, 6.45) is 3.63. The van der Waals surface area contributed by atoms with Gasteiger partial charge in [-0.05, 0) is 24.9 Å². The van der Waals surface area contributed by atoms with Crippen molar-refractivity contribution in [3.63, 3.8) is 0 Å². The number of carboxylic acids is 1. The van der Waals surface area contributed by atoms with Gasteiger partial charge in [-0.2, -0.15) is 0 Å². The number of rotatable bonds is 7. The van der Waals surface area contributed by atoms with Crippen molar-refractivity contribution in [3.05, 3.63) is 48.6 Å². The lowest BCUT2D eigenvalue weighted by Crippen LogP contribution is -2.29. The van der Waals surface area contributed by atoms with E-state index in [1.54, 1.807) is 0 Å². The van der Waals surface area contributed by atoms with Crippen molar-refractivity contribution in [1.82, 2.24) is 5.32 Å². The van der Waals surface area contributed by atoms with Crippen molar-refractivity contribution in [2.24, 2.45) is 0 Å². The van der Waals surface area contributed by atoms with Crippen LogP contribution in [-0.2, 0) is 4.79 Å². The van der Waals surface area contributed by atoms with Crippen LogP contribution >= 0.6 is 0 Å². The highest BCUT2D eigenvalue weighted by molar-refractivity contribution is 5.75. The number of unbranched alkanes of at least 4 members (excludes halogenated alkanes) is 1. The number of aliphatic carboxylic acids is 1. The molecular formula is C13H17NO2. The number of nitrogens with one attached hydrogen (secondary N) is 1. The number of hydrogen-bond donors (Lipinski definition) is 2. The number of hydrogen-bond acceptors (Lipinski definition) is 2. The fourth-order valence-electron chi connectivity index (χ4n) is 1.49. The van der Waals surface area contributed by atoms with E-state index >= 15 is 0 Å². The highest BCUT2D eigenvalue weighted by Gasteiger charge is 2.17. The number of allylic oxidation sites excluding steroid dienone is 1. The molecular weight excluding hydrogens is 202 g/mol. The van der Waals surface area contributed by atoms with Crippen LogP contribution in [0.2, 0.25) is 0 Å². The van der Waals surface area contributed by atoms with Gasteiger partial charge in [-0.15, -0.1) is 6.58 Å². The molecule has 0 amide bonds. The largest absolute Gasteiger partial charge is 0.480 e. The van der Waals surface area contributed by atoms with Crippen LogP contribution in [0, 0.1) is 0 Å². The Balaban J connectivity index is 2.55. The number of carboxylic acid groups (broad SMARTS) is 1. The molecule has 0 aromatic heterocycles. The predicted octanol–water partition coefficient (Wildman–Crippen LogP) is 2.37. The lowest BCUT2D eigenvalue weighted by molar-refractivity contribution is -0.139. The second kappa shape index (κ2) is 6.80. The molecule has 1 unspecified atom stereocenters. The molecule has 0 saturated carbocycles. The molecule has 0 radical (unpaired) electrons. The van der Waals surface area contributed by atoms with Crippen LogP contribution in [0.5, 0.6) is 0 Å². The van der Waals surface area contributed by atoms with Gasteiger partial charge >= 0.3 is 5.97 Å². The topological polar surface area (TPSA) is 49.3 Å². The molecule has 0 heterocycles. The first-order valence-electron chi connectivity index (χ1n) is 5.37. The van der Waals surface area contributed by atoms with Gasteiger partial charge in [-0.1, -0.05) is 36.4 Å². The summed E-state index contributed by atoms with van der Waals surface area (Å²) in [6, 6.07) is 8.58. The fourth-order valence-corrected chi connectivity index (χ4v) is 1.49. The van der Waals surface area contributed by atoms with Gasteiger partial charge in [0.15, 0.2) is 0 Å². The fraction of sp³-hybridized carbons (Fsp3) is 0.308. The van der Waals surface area contributed by atoms with Crippen molar-refractivity contribution < 1.29 is 9.90 Å². The maximum atomic E-state index is 11.1. The molecule has 2 N–H and O–H groups in total. The molecule has 0 saturated heterocycles. The van der Waals surface area contributed by atoms with Crippen molar-refractivity contribution in [2.75, 3.05) is 6.54 Å². The summed E-state index contributed by atoms with van der Waals surface area (Å²) >= 11 is 0. The normalized spacial score (nSPS) is 12.0. The van der Waals surface area contributed by atoms with Crippen molar-refractivity contribution in [2.45, 2.75) is 18.9 Å². The molecule has 1 aromatic rings. The summed E-state index contributed by atoms with van der Waals surface area (Å²) in [5, 5.41) is 12.1. The number of benzene rings is 1. The van der Waals surface area contributed by atoms with Gasteiger partial charge in [0.2, 0.25) is 0 Å². The lowest BCUT2D eigenvalue weighted by Gasteiger charge is -2.14. The average Bonchev–Trinajstić information content (AvgIpc) is 2.30. The van der Waals surface area contributed by atoms with E-state index in [4.69, 9.17) is 5.11 Å². The third-order valence-electron chi connectivity index (χ3n) is 2.31. The number of carbonyl (C=O) groups is 1. The second-order valence-electron chi connectivity index (χ2n) is 3.57. The summed E-state index contributed by atoms with van der Waals surface area (Å²) in [6.45, 7) is 4.30. The first kappa shape index (κ1) is 12.5. The van der Waals surface area contributed by atoms with E-state index in [-0.39, 0.29) is 0 Å². The summed E-state index contributed by atoms with van der Waals surface area (Å²) in [5.41, 5.74) is 0.786. The molecule has 1 aromatic carbocycles. The highest BCUT2D eigenvalue weighted by atomic mass is 16.4. The van der Waals surface area contributed by atoms with Crippen LogP contribution in [0.4, 0.5) is 0 Å². The van der Waals surface area contributed by atoms with E-state index in [9.17, 15) is 4.79 Å². The predicted molar refractivity (Wildman–Crippen MR) is 64.3 cm³/mol. The molecule has 0 aliphatic carbocycles. The Labute approximate surface area is 95.8 Å². The first-order valence-corrected chi connectivity index (χ1v) is 5.37. The van der Waals surface area contributed by atoms with E-state index in [0.717, 1.165) is 18.4 Å². The Kier molecular flexibility index (Phi) is 5.29. The van der Waals surface area contributed by atoms with Gasteiger partial charge in [0.25, 0.3) is 0 Å². The quantitative estimate of drug-likeness (QED) is 0.546. The molecule has 1 rings (SSSR count). The Morgan fingerprint density at radius 2 is 2.12 bits per heavy atom. The maximum Gasteiger partial charge on any atom is 0.325 e. The van der Waals surface area contributed by atoms with E-state index in [1.165, 1.54) is 0 Å². The molecule has 86 valence electrons. The Bertz CT molecular complexity index is 335. The summed E-state index contributed by atoms with van der Waals surface area (Å²) in [5.74, 6) is -0.843. The van der Waals surface area contributed by atoms with Crippen LogP contribution < -0.4 is 5.32 Å². The van der Waals surface area contributed by atoms with E-state index in [0.29, 0.717) is 6.54 Å². The summed E-state index contributed by atoms with van der Waals surface area (Å²) in [4.78, 5) is 11.1. The van der Waals surface area contributed by atoms with Crippen LogP contribution in [0.15, 0.2) is 43.0 Å². The van der Waals surface area contributed by atoms with Gasteiger partial charge in [0.05, 0.1) is 0 Å². The molecule has 0 aliphatic rings. The zero-order valence-electron chi connectivity index (χ0n) is 9.23. The van der Waals surface area contributed by atoms with Crippen LogP contribution in [0.25, 0.3) is 0 Å². The molecule has 3 heteroatoms. The smallest absolute Gasteiger partial charge is 0.325 e. The monoisotopic (exact) mass is 219 g/mol. The minimum atomic E-state index is -0.843. The van der Waals surface area contributed by atoms with E-state index < -0.39 is 12.0 Å². The lowest BCUT2D eigenvalue weighted by atomic mass is 10.1. The van der Waals surface area contributed by atoms with Gasteiger partial charge in [0.1, 0.15) is 6.04 Å². The molecule has 3 nitrogen and oxygen atoms in total. The molecule has 16 heavy (non-hydrogen) atoms. The average molecular weight is 219 g/mol. The van der Waals surface area contributed by atoms with Gasteiger partial charge in [-0.3, -0.25) is 4.79 Å². The standard InChI is InChI=1S/C13H17NO2/c1-2-3-7-10-14-12(13(15)16)11-8-5-4-6-9-11/h2,4-6,8-9,12,14H,1,3,7,10H2,(H,15,16). The van der Waals surface area contributed by atoms with Gasteiger partial charge < -0.3 is 10.4 Å². The SMILES string of the molecule is C=CCCCNC(C(=O)O)c1ccccc1. The molecule has 0 aliphatic heterocycles. The highest BCUT2D eigenvalue weighted by Crippen LogP contribution is 2.12. The van der Waals surface area contributed by atoms with Crippen LogP contribution in [0.3, 0.4) is 0 Å².